The second-order valence-corrected chi connectivity index (χ2v) is 5.10. The zero-order chi connectivity index (χ0) is 13.1. The molecule has 3 nitrogen and oxygen atoms in total. The third-order valence-electron chi connectivity index (χ3n) is 3.59. The van der Waals surface area contributed by atoms with Gasteiger partial charge in [-0.2, -0.15) is 0 Å². The van der Waals surface area contributed by atoms with Crippen molar-refractivity contribution in [2.24, 2.45) is 5.92 Å². The Morgan fingerprint density at radius 2 is 2.00 bits per heavy atom. The predicted octanol–water partition coefficient (Wildman–Crippen LogP) is 3.51. The fraction of sp³-hybridized carbons (Fsp3) is 0.500. The normalized spacial score (nSPS) is 23.7. The van der Waals surface area contributed by atoms with E-state index in [2.05, 4.69) is 12.2 Å². The molecule has 0 atom stereocenters. The highest BCUT2D eigenvalue weighted by Crippen LogP contribution is 2.27. The number of benzene rings is 1. The molecule has 2 N–H and O–H groups in total. The Labute approximate surface area is 106 Å². The number of halogens is 1. The van der Waals surface area contributed by atoms with Crippen LogP contribution in [-0.4, -0.2) is 17.1 Å². The lowest BCUT2D eigenvalue weighted by Gasteiger charge is -2.27. The molecule has 1 aliphatic rings. The van der Waals surface area contributed by atoms with Gasteiger partial charge in [-0.1, -0.05) is 6.92 Å². The average molecular weight is 251 g/mol. The molecule has 0 aliphatic heterocycles. The van der Waals surface area contributed by atoms with E-state index in [-0.39, 0.29) is 5.56 Å². The molecule has 0 aromatic heterocycles. The Morgan fingerprint density at radius 3 is 2.56 bits per heavy atom. The van der Waals surface area contributed by atoms with Crippen LogP contribution in [0.5, 0.6) is 0 Å². The number of rotatable bonds is 3. The Balaban J connectivity index is 2.03. The molecule has 98 valence electrons. The smallest absolute Gasteiger partial charge is 0.335 e. The van der Waals surface area contributed by atoms with Gasteiger partial charge in [0.25, 0.3) is 0 Å². The quantitative estimate of drug-likeness (QED) is 0.864. The molecule has 0 bridgehead atoms. The molecular formula is C14H18FNO2. The van der Waals surface area contributed by atoms with Crippen LogP contribution in [0.1, 0.15) is 43.0 Å². The summed E-state index contributed by atoms with van der Waals surface area (Å²) in [6.07, 6.45) is 4.40. The third-order valence-corrected chi connectivity index (χ3v) is 3.59. The van der Waals surface area contributed by atoms with Crippen molar-refractivity contribution in [3.63, 3.8) is 0 Å². The first-order valence-corrected chi connectivity index (χ1v) is 6.35. The second kappa shape index (κ2) is 5.38. The van der Waals surface area contributed by atoms with Gasteiger partial charge in [0.05, 0.1) is 11.3 Å². The van der Waals surface area contributed by atoms with Gasteiger partial charge in [0.2, 0.25) is 0 Å². The fourth-order valence-electron chi connectivity index (χ4n) is 2.39. The molecule has 0 amide bonds. The second-order valence-electron chi connectivity index (χ2n) is 5.10. The number of aromatic carboxylic acids is 1. The molecule has 1 aliphatic carbocycles. The Bertz CT molecular complexity index is 439. The first kappa shape index (κ1) is 12.9. The number of hydrogen-bond acceptors (Lipinski definition) is 2. The summed E-state index contributed by atoms with van der Waals surface area (Å²) in [4.78, 5) is 10.7. The maximum absolute atomic E-state index is 13.7. The van der Waals surface area contributed by atoms with Crippen molar-refractivity contribution in [3.8, 4) is 0 Å². The number of carbonyl (C=O) groups is 1. The molecule has 0 saturated heterocycles. The van der Waals surface area contributed by atoms with Gasteiger partial charge in [0.15, 0.2) is 0 Å². The highest BCUT2D eigenvalue weighted by molar-refractivity contribution is 5.88. The van der Waals surface area contributed by atoms with Gasteiger partial charge in [0.1, 0.15) is 5.82 Å². The fourth-order valence-corrected chi connectivity index (χ4v) is 2.39. The van der Waals surface area contributed by atoms with Crippen molar-refractivity contribution < 1.29 is 14.3 Å². The van der Waals surface area contributed by atoms with Crippen LogP contribution in [0.3, 0.4) is 0 Å². The average Bonchev–Trinajstić information content (AvgIpc) is 2.34. The van der Waals surface area contributed by atoms with Crippen LogP contribution in [0.4, 0.5) is 10.1 Å². The van der Waals surface area contributed by atoms with Crippen LogP contribution in [0.15, 0.2) is 18.2 Å². The molecule has 0 heterocycles. The zero-order valence-electron chi connectivity index (χ0n) is 10.4. The van der Waals surface area contributed by atoms with Crippen molar-refractivity contribution in [3.05, 3.63) is 29.6 Å². The van der Waals surface area contributed by atoms with Gasteiger partial charge >= 0.3 is 5.97 Å². The van der Waals surface area contributed by atoms with Crippen LogP contribution in [0.25, 0.3) is 0 Å². The zero-order valence-corrected chi connectivity index (χ0v) is 10.4. The molecule has 1 saturated carbocycles. The van der Waals surface area contributed by atoms with E-state index in [1.807, 2.05) is 0 Å². The topological polar surface area (TPSA) is 49.3 Å². The first-order valence-electron chi connectivity index (χ1n) is 6.35. The molecule has 1 aromatic rings. The molecule has 4 heteroatoms. The summed E-state index contributed by atoms with van der Waals surface area (Å²) in [6.45, 7) is 2.23. The lowest BCUT2D eigenvalue weighted by atomic mass is 9.87. The van der Waals surface area contributed by atoms with Crippen LogP contribution in [0, 0.1) is 11.7 Å². The summed E-state index contributed by atoms with van der Waals surface area (Å²) < 4.78 is 13.7. The van der Waals surface area contributed by atoms with E-state index in [0.717, 1.165) is 37.7 Å². The van der Waals surface area contributed by atoms with Crippen LogP contribution < -0.4 is 5.32 Å². The molecule has 1 aromatic carbocycles. The lowest BCUT2D eigenvalue weighted by Crippen LogP contribution is -2.25. The van der Waals surface area contributed by atoms with E-state index in [1.54, 1.807) is 0 Å². The Morgan fingerprint density at radius 1 is 1.33 bits per heavy atom. The molecule has 2 rings (SSSR count). The summed E-state index contributed by atoms with van der Waals surface area (Å²) in [5, 5.41) is 11.9. The third kappa shape index (κ3) is 3.00. The van der Waals surface area contributed by atoms with Gasteiger partial charge in [-0.05, 0) is 49.8 Å². The summed E-state index contributed by atoms with van der Waals surface area (Å²) in [7, 11) is 0. The SMILES string of the molecule is CC1CCC(Nc2ccc(C(=O)O)cc2F)CC1. The minimum atomic E-state index is -1.10. The highest BCUT2D eigenvalue weighted by Gasteiger charge is 2.19. The molecule has 1 fully saturated rings. The monoisotopic (exact) mass is 251 g/mol. The lowest BCUT2D eigenvalue weighted by molar-refractivity contribution is 0.0696. The molecule has 0 radical (unpaired) electrons. The van der Waals surface area contributed by atoms with Crippen molar-refractivity contribution in [1.29, 1.82) is 0 Å². The van der Waals surface area contributed by atoms with Crippen molar-refractivity contribution in [2.45, 2.75) is 38.6 Å². The van der Waals surface area contributed by atoms with Crippen LogP contribution in [-0.2, 0) is 0 Å². The van der Waals surface area contributed by atoms with E-state index in [1.165, 1.54) is 12.1 Å². The van der Waals surface area contributed by atoms with E-state index < -0.39 is 11.8 Å². The summed E-state index contributed by atoms with van der Waals surface area (Å²) in [5.74, 6) is -0.845. The minimum Gasteiger partial charge on any atom is -0.478 e. The molecule has 0 spiro atoms. The largest absolute Gasteiger partial charge is 0.478 e. The number of hydrogen-bond donors (Lipinski definition) is 2. The minimum absolute atomic E-state index is 0.0182. The molecule has 18 heavy (non-hydrogen) atoms. The number of carboxylic acids is 1. The van der Waals surface area contributed by atoms with Gasteiger partial charge in [-0.3, -0.25) is 0 Å². The molecular weight excluding hydrogens is 233 g/mol. The van der Waals surface area contributed by atoms with Crippen LogP contribution >= 0.6 is 0 Å². The van der Waals surface area contributed by atoms with Gasteiger partial charge in [-0.15, -0.1) is 0 Å². The van der Waals surface area contributed by atoms with E-state index in [0.29, 0.717) is 11.7 Å². The van der Waals surface area contributed by atoms with Gasteiger partial charge in [0, 0.05) is 6.04 Å². The predicted molar refractivity (Wildman–Crippen MR) is 68.4 cm³/mol. The van der Waals surface area contributed by atoms with Crippen molar-refractivity contribution in [2.75, 3.05) is 5.32 Å². The summed E-state index contributed by atoms with van der Waals surface area (Å²) >= 11 is 0. The van der Waals surface area contributed by atoms with Crippen molar-refractivity contribution in [1.82, 2.24) is 0 Å². The number of nitrogens with one attached hydrogen (secondary N) is 1. The maximum atomic E-state index is 13.7. The highest BCUT2D eigenvalue weighted by atomic mass is 19.1. The molecule has 0 unspecified atom stereocenters. The number of carboxylic acid groups (broad SMARTS) is 1. The Hall–Kier alpha value is -1.58. The Kier molecular flexibility index (Phi) is 3.84. The van der Waals surface area contributed by atoms with E-state index >= 15 is 0 Å². The standard InChI is InChI=1S/C14H18FNO2/c1-9-2-5-11(6-3-9)16-13-7-4-10(14(17)18)8-12(13)15/h4,7-9,11,16H,2-3,5-6H2,1H3,(H,17,18). The van der Waals surface area contributed by atoms with Gasteiger partial charge < -0.3 is 10.4 Å². The summed E-state index contributed by atoms with van der Waals surface area (Å²) in [6, 6.07) is 4.30. The van der Waals surface area contributed by atoms with Gasteiger partial charge in [-0.25, -0.2) is 9.18 Å². The van der Waals surface area contributed by atoms with Crippen molar-refractivity contribution >= 4 is 11.7 Å². The van der Waals surface area contributed by atoms with E-state index in [4.69, 9.17) is 5.11 Å². The summed E-state index contributed by atoms with van der Waals surface area (Å²) in [5.41, 5.74) is 0.384. The van der Waals surface area contributed by atoms with Crippen LogP contribution in [0.2, 0.25) is 0 Å². The number of anilines is 1. The maximum Gasteiger partial charge on any atom is 0.335 e. The van der Waals surface area contributed by atoms with E-state index in [9.17, 15) is 9.18 Å². The first-order chi connectivity index (χ1) is 8.56.